The molecule has 204 valence electrons. The number of fused-ring (bicyclic) bond motifs is 2. The van der Waals surface area contributed by atoms with Crippen LogP contribution in [0.15, 0.2) is 91.3 Å². The van der Waals surface area contributed by atoms with Crippen molar-refractivity contribution in [1.82, 2.24) is 18.9 Å². The van der Waals surface area contributed by atoms with Crippen LogP contribution in [-0.2, 0) is 13.0 Å². The number of rotatable bonds is 8. The Morgan fingerprint density at radius 2 is 1.71 bits per heavy atom. The molecule has 41 heavy (non-hydrogen) atoms. The number of aromatic nitrogens is 4. The molecule has 0 aliphatic rings. The summed E-state index contributed by atoms with van der Waals surface area (Å²) in [5, 5.41) is 9.09. The highest BCUT2D eigenvalue weighted by molar-refractivity contribution is 5.92. The number of primary amides is 1. The van der Waals surface area contributed by atoms with Crippen molar-refractivity contribution in [3.8, 4) is 28.1 Å². The number of hydrogen-bond donors (Lipinski definition) is 2. The fourth-order valence-corrected chi connectivity index (χ4v) is 5.06. The quantitative estimate of drug-likeness (QED) is 0.174. The van der Waals surface area contributed by atoms with Gasteiger partial charge in [-0.3, -0.25) is 4.79 Å². The lowest BCUT2D eigenvalue weighted by atomic mass is 10.0. The van der Waals surface area contributed by atoms with Gasteiger partial charge < -0.3 is 24.5 Å². The van der Waals surface area contributed by atoms with E-state index in [1.807, 2.05) is 54.7 Å². The van der Waals surface area contributed by atoms with Gasteiger partial charge in [0.2, 0.25) is 5.91 Å². The molecule has 3 aromatic heterocycles. The van der Waals surface area contributed by atoms with Crippen molar-refractivity contribution in [2.45, 2.75) is 26.3 Å². The first kappa shape index (κ1) is 25.8. The number of para-hydroxylation sites is 1. The Balaban J connectivity index is 1.35. The number of imidazole rings is 2. The minimum absolute atomic E-state index is 0.295. The van der Waals surface area contributed by atoms with Crippen molar-refractivity contribution in [2.75, 3.05) is 0 Å². The molecule has 9 nitrogen and oxygen atoms in total. The molecule has 0 aliphatic heterocycles. The summed E-state index contributed by atoms with van der Waals surface area (Å²) in [7, 11) is 0. The van der Waals surface area contributed by atoms with Crippen LogP contribution in [0.5, 0.6) is 5.75 Å². The first-order valence-corrected chi connectivity index (χ1v) is 13.3. The molecular formula is C32H27N5O4. The Morgan fingerprint density at radius 3 is 2.46 bits per heavy atom. The Kier molecular flexibility index (Phi) is 6.68. The molecule has 3 aromatic carbocycles. The normalized spacial score (nSPS) is 11.2. The largest absolute Gasteiger partial charge is 0.511 e. The molecule has 0 fully saturated rings. The van der Waals surface area contributed by atoms with Crippen LogP contribution in [0.4, 0.5) is 4.79 Å². The van der Waals surface area contributed by atoms with Crippen molar-refractivity contribution in [2.24, 2.45) is 5.73 Å². The van der Waals surface area contributed by atoms with Crippen LogP contribution in [0.3, 0.4) is 0 Å². The molecule has 0 atom stereocenters. The molecule has 0 spiro atoms. The number of amides is 1. The highest BCUT2D eigenvalue weighted by Gasteiger charge is 2.15. The van der Waals surface area contributed by atoms with E-state index < -0.39 is 12.1 Å². The smallest absolute Gasteiger partial charge is 0.449 e. The van der Waals surface area contributed by atoms with Gasteiger partial charge in [0.1, 0.15) is 17.2 Å². The number of carbonyl (C=O) groups excluding carboxylic acids is 1. The molecule has 9 heteroatoms. The number of ether oxygens (including phenoxy) is 1. The lowest BCUT2D eigenvalue weighted by Gasteiger charge is -2.12. The number of aryl methyl sites for hydroxylation is 1. The number of pyridine rings is 1. The first-order chi connectivity index (χ1) is 19.9. The van der Waals surface area contributed by atoms with E-state index in [0.29, 0.717) is 23.4 Å². The minimum atomic E-state index is -1.34. The zero-order valence-corrected chi connectivity index (χ0v) is 22.3. The molecular weight excluding hydrogens is 518 g/mol. The number of nitrogens with two attached hydrogens (primary N) is 1. The Bertz CT molecular complexity index is 1920. The number of carbonyl (C=O) groups is 2. The summed E-state index contributed by atoms with van der Waals surface area (Å²) in [6, 6.07) is 24.7. The fourth-order valence-electron chi connectivity index (χ4n) is 5.06. The predicted octanol–water partition coefficient (Wildman–Crippen LogP) is 6.17. The zero-order chi connectivity index (χ0) is 28.5. The van der Waals surface area contributed by atoms with Crippen LogP contribution in [0.2, 0.25) is 0 Å². The third-order valence-corrected chi connectivity index (χ3v) is 7.02. The molecule has 0 saturated heterocycles. The van der Waals surface area contributed by atoms with Crippen LogP contribution >= 0.6 is 0 Å². The minimum Gasteiger partial charge on any atom is -0.449 e. The highest BCUT2D eigenvalue weighted by Crippen LogP contribution is 2.31. The summed E-state index contributed by atoms with van der Waals surface area (Å²) in [6.45, 7) is 2.76. The van der Waals surface area contributed by atoms with Gasteiger partial charge in [0.15, 0.2) is 0 Å². The lowest BCUT2D eigenvalue weighted by Crippen LogP contribution is -2.11. The summed E-state index contributed by atoms with van der Waals surface area (Å²) >= 11 is 0. The molecule has 1 amide bonds. The third-order valence-electron chi connectivity index (χ3n) is 7.02. The Morgan fingerprint density at radius 1 is 0.927 bits per heavy atom. The Hall–Kier alpha value is -5.44. The second kappa shape index (κ2) is 10.6. The van der Waals surface area contributed by atoms with Crippen LogP contribution in [0, 0.1) is 0 Å². The van der Waals surface area contributed by atoms with Crippen LogP contribution in [0.1, 0.15) is 35.1 Å². The molecule has 0 radical (unpaired) electrons. The molecule has 0 bridgehead atoms. The van der Waals surface area contributed by atoms with Gasteiger partial charge in [-0.2, -0.15) is 0 Å². The van der Waals surface area contributed by atoms with Gasteiger partial charge in [-0.15, -0.1) is 0 Å². The average Bonchev–Trinajstić information content (AvgIpc) is 3.54. The molecule has 6 rings (SSSR count). The van der Waals surface area contributed by atoms with E-state index in [1.54, 1.807) is 34.9 Å². The van der Waals surface area contributed by atoms with Gasteiger partial charge in [-0.1, -0.05) is 55.5 Å². The number of benzene rings is 3. The molecule has 0 unspecified atom stereocenters. The molecule has 6 aromatic rings. The van der Waals surface area contributed by atoms with Crippen LogP contribution in [0.25, 0.3) is 39.1 Å². The van der Waals surface area contributed by atoms with Crippen LogP contribution in [-0.4, -0.2) is 36.1 Å². The van der Waals surface area contributed by atoms with E-state index in [4.69, 9.17) is 25.5 Å². The van der Waals surface area contributed by atoms with Crippen molar-refractivity contribution < 1.29 is 19.4 Å². The number of nitrogens with zero attached hydrogens (tertiary/aromatic N) is 4. The van der Waals surface area contributed by atoms with Crippen LogP contribution < -0.4 is 10.5 Å². The van der Waals surface area contributed by atoms with Gasteiger partial charge in [0.05, 0.1) is 22.3 Å². The fraction of sp³-hybridized carbons (Fsp3) is 0.125. The second-order valence-electron chi connectivity index (χ2n) is 9.80. The zero-order valence-electron chi connectivity index (χ0n) is 22.3. The maximum Gasteiger partial charge on any atom is 0.511 e. The topological polar surface area (TPSA) is 125 Å². The summed E-state index contributed by atoms with van der Waals surface area (Å²) < 4.78 is 9.01. The maximum atomic E-state index is 11.6. The van der Waals surface area contributed by atoms with Gasteiger partial charge >= 0.3 is 6.16 Å². The van der Waals surface area contributed by atoms with Gasteiger partial charge in [-0.05, 0) is 47.9 Å². The molecule has 0 saturated carbocycles. The average molecular weight is 546 g/mol. The van der Waals surface area contributed by atoms with E-state index in [1.165, 1.54) is 0 Å². The van der Waals surface area contributed by atoms with E-state index in [2.05, 4.69) is 17.6 Å². The highest BCUT2D eigenvalue weighted by atomic mass is 16.7. The summed E-state index contributed by atoms with van der Waals surface area (Å²) in [6.07, 6.45) is 4.03. The van der Waals surface area contributed by atoms with Crippen molar-refractivity contribution in [1.29, 1.82) is 0 Å². The van der Waals surface area contributed by atoms with Gasteiger partial charge in [0, 0.05) is 36.5 Å². The standard InChI is InChI=1S/C32H27N5O4/c1-2-5-30-34-25-14-12-22(26-19-36-18-23(31(33)38)13-15-29(36)35-26)16-27(25)37(30)17-20-8-10-21(11-9-20)24-6-3-4-7-28(24)41-32(39)40/h3-4,6-16,18-19H,2,5,17H2,1H3,(H2,33,38)(H,39,40). The van der Waals surface area contributed by atoms with Gasteiger partial charge in [0.25, 0.3) is 0 Å². The summed E-state index contributed by atoms with van der Waals surface area (Å²) in [5.41, 5.74) is 12.9. The van der Waals surface area contributed by atoms with Crippen molar-refractivity contribution in [3.63, 3.8) is 0 Å². The molecule has 3 N–H and O–H groups in total. The summed E-state index contributed by atoms with van der Waals surface area (Å²) in [5.74, 6) is 0.815. The van der Waals surface area contributed by atoms with Crippen molar-refractivity contribution >= 4 is 28.7 Å². The maximum absolute atomic E-state index is 11.6. The van der Waals surface area contributed by atoms with Crippen molar-refractivity contribution in [3.05, 3.63) is 108 Å². The number of hydrogen-bond acceptors (Lipinski definition) is 5. The SMILES string of the molecule is CCCc1nc2ccc(-c3cn4cc(C(N)=O)ccc4n3)cc2n1Cc1ccc(-c2ccccc2OC(=O)O)cc1. The summed E-state index contributed by atoms with van der Waals surface area (Å²) in [4.78, 5) is 32.4. The van der Waals surface area contributed by atoms with E-state index in [9.17, 15) is 9.59 Å². The third kappa shape index (κ3) is 5.12. The van der Waals surface area contributed by atoms with Gasteiger partial charge in [-0.25, -0.2) is 14.8 Å². The lowest BCUT2D eigenvalue weighted by molar-refractivity contribution is 0.0999. The number of carboxylic acid groups (broad SMARTS) is 1. The predicted molar refractivity (Wildman–Crippen MR) is 156 cm³/mol. The first-order valence-electron chi connectivity index (χ1n) is 13.3. The van der Waals surface area contributed by atoms with E-state index in [0.717, 1.165) is 57.7 Å². The Labute approximate surface area is 235 Å². The molecule has 0 aliphatic carbocycles. The monoisotopic (exact) mass is 545 g/mol. The molecule has 3 heterocycles. The van der Waals surface area contributed by atoms with E-state index in [-0.39, 0.29) is 0 Å². The van der Waals surface area contributed by atoms with E-state index >= 15 is 0 Å². The second-order valence-corrected chi connectivity index (χ2v) is 9.80.